The third kappa shape index (κ3) is 4.39. The Morgan fingerprint density at radius 1 is 1.12 bits per heavy atom. The molecule has 0 aliphatic rings. The van der Waals surface area contributed by atoms with Crippen LogP contribution in [0.3, 0.4) is 0 Å². The van der Waals surface area contributed by atoms with Crippen LogP contribution in [0.5, 0.6) is 5.75 Å². The summed E-state index contributed by atoms with van der Waals surface area (Å²) in [4.78, 5) is 13.7. The largest absolute Gasteiger partial charge is 0.495 e. The van der Waals surface area contributed by atoms with Gasteiger partial charge in [0.2, 0.25) is 0 Å². The summed E-state index contributed by atoms with van der Waals surface area (Å²) in [6, 6.07) is 14.5. The van der Waals surface area contributed by atoms with Gasteiger partial charge in [-0.15, -0.1) is 10.2 Å². The van der Waals surface area contributed by atoms with Crippen molar-refractivity contribution >= 4 is 51.6 Å². The smallest absolute Gasteiger partial charge is 0.260 e. The Labute approximate surface area is 193 Å². The number of aryl methyl sites for hydroxylation is 1. The fourth-order valence-electron chi connectivity index (χ4n) is 3.07. The van der Waals surface area contributed by atoms with Crippen LogP contribution >= 0.6 is 23.8 Å². The third-order valence-corrected chi connectivity index (χ3v) is 5.19. The van der Waals surface area contributed by atoms with Gasteiger partial charge in [-0.1, -0.05) is 23.7 Å². The number of anilines is 1. The van der Waals surface area contributed by atoms with Crippen molar-refractivity contribution in [2.75, 3.05) is 12.4 Å². The van der Waals surface area contributed by atoms with Crippen LogP contribution in [0, 0.1) is 12.7 Å². The van der Waals surface area contributed by atoms with E-state index in [1.54, 1.807) is 37.4 Å². The van der Waals surface area contributed by atoms with Crippen molar-refractivity contribution in [2.24, 2.45) is 0 Å². The number of nitrogens with zero attached hydrogens (tertiary/aromatic N) is 3. The number of carbonyl (C=O) groups excluding carboxylic acids is 1. The molecule has 0 atom stereocenters. The van der Waals surface area contributed by atoms with Gasteiger partial charge in [-0.25, -0.2) is 4.39 Å². The Balaban J connectivity index is 1.55. The van der Waals surface area contributed by atoms with E-state index >= 15 is 0 Å². The molecular weight excluding hydrogens is 453 g/mol. The van der Waals surface area contributed by atoms with Crippen molar-refractivity contribution in [2.45, 2.75) is 6.92 Å². The van der Waals surface area contributed by atoms with Crippen LogP contribution in [0.4, 0.5) is 10.1 Å². The van der Waals surface area contributed by atoms with Crippen LogP contribution in [-0.2, 0) is 0 Å². The SMILES string of the molecule is COc1ccc(-n2nc3cc(C)c(NC(=S)NC(=O)c4ccccc4F)cc3n2)cc1Cl. The number of halogens is 2. The first-order valence-corrected chi connectivity index (χ1v) is 10.2. The Hall–Kier alpha value is -3.56. The molecule has 4 rings (SSSR count). The van der Waals surface area contributed by atoms with Gasteiger partial charge < -0.3 is 10.1 Å². The standard InChI is InChI=1S/C22H17ClFN5O2S/c1-12-9-18-19(28-29(27-18)13-7-8-20(31-2)15(23)10-13)11-17(12)25-22(32)26-21(30)14-5-3-4-6-16(14)24/h3-11H,1-2H3,(H2,25,26,30,32). The maximum absolute atomic E-state index is 13.8. The number of ether oxygens (including phenoxy) is 1. The molecule has 0 saturated carbocycles. The minimum absolute atomic E-state index is 0.0371. The van der Waals surface area contributed by atoms with Gasteiger partial charge in [-0.05, 0) is 67.2 Å². The van der Waals surface area contributed by atoms with Gasteiger partial charge in [-0.2, -0.15) is 4.80 Å². The highest BCUT2D eigenvalue weighted by Crippen LogP contribution is 2.27. The highest BCUT2D eigenvalue weighted by Gasteiger charge is 2.14. The van der Waals surface area contributed by atoms with Crippen LogP contribution in [0.25, 0.3) is 16.7 Å². The summed E-state index contributed by atoms with van der Waals surface area (Å²) in [5.74, 6) is -0.706. The summed E-state index contributed by atoms with van der Waals surface area (Å²) >= 11 is 11.4. The third-order valence-electron chi connectivity index (χ3n) is 4.69. The second kappa shape index (κ2) is 8.89. The van der Waals surface area contributed by atoms with Crippen molar-refractivity contribution in [1.29, 1.82) is 0 Å². The molecule has 1 heterocycles. The second-order valence-electron chi connectivity index (χ2n) is 6.85. The first-order valence-electron chi connectivity index (χ1n) is 9.44. The van der Waals surface area contributed by atoms with Crippen LogP contribution in [-0.4, -0.2) is 33.1 Å². The molecule has 162 valence electrons. The number of aromatic nitrogens is 3. The van der Waals surface area contributed by atoms with E-state index in [1.165, 1.54) is 23.0 Å². The number of fused-ring (bicyclic) bond motifs is 1. The molecule has 2 N–H and O–H groups in total. The maximum atomic E-state index is 13.8. The molecular formula is C22H17ClFN5O2S. The molecule has 1 aromatic heterocycles. The number of benzene rings is 3. The molecule has 1 amide bonds. The van der Waals surface area contributed by atoms with E-state index in [-0.39, 0.29) is 10.7 Å². The van der Waals surface area contributed by atoms with Crippen LogP contribution in [0.2, 0.25) is 5.02 Å². The van der Waals surface area contributed by atoms with Crippen molar-refractivity contribution in [1.82, 2.24) is 20.3 Å². The van der Waals surface area contributed by atoms with E-state index in [9.17, 15) is 9.18 Å². The quantitative estimate of drug-likeness (QED) is 0.423. The van der Waals surface area contributed by atoms with E-state index < -0.39 is 11.7 Å². The van der Waals surface area contributed by atoms with Crippen LogP contribution < -0.4 is 15.4 Å². The summed E-state index contributed by atoms with van der Waals surface area (Å²) in [6.45, 7) is 1.87. The lowest BCUT2D eigenvalue weighted by Crippen LogP contribution is -2.34. The minimum Gasteiger partial charge on any atom is -0.495 e. The number of hydrogen-bond donors (Lipinski definition) is 2. The maximum Gasteiger partial charge on any atom is 0.260 e. The van der Waals surface area contributed by atoms with Gasteiger partial charge in [0.25, 0.3) is 5.91 Å². The average molecular weight is 470 g/mol. The van der Waals surface area contributed by atoms with Gasteiger partial charge in [-0.3, -0.25) is 10.1 Å². The molecule has 0 aliphatic heterocycles. The van der Waals surface area contributed by atoms with Crippen molar-refractivity contribution in [3.8, 4) is 11.4 Å². The van der Waals surface area contributed by atoms with Crippen molar-refractivity contribution in [3.05, 3.63) is 76.6 Å². The molecule has 0 spiro atoms. The lowest BCUT2D eigenvalue weighted by molar-refractivity contribution is 0.0974. The zero-order valence-electron chi connectivity index (χ0n) is 17.0. The predicted octanol–water partition coefficient (Wildman–Crippen LogP) is 4.66. The molecule has 0 saturated heterocycles. The Kier molecular flexibility index (Phi) is 6.02. The highest BCUT2D eigenvalue weighted by atomic mass is 35.5. The molecule has 0 bridgehead atoms. The van der Waals surface area contributed by atoms with Gasteiger partial charge >= 0.3 is 0 Å². The summed E-state index contributed by atoms with van der Waals surface area (Å²) in [6.07, 6.45) is 0. The summed E-state index contributed by atoms with van der Waals surface area (Å²) in [5.41, 5.74) is 3.32. The topological polar surface area (TPSA) is 81.1 Å². The summed E-state index contributed by atoms with van der Waals surface area (Å²) < 4.78 is 19.0. The number of nitrogens with one attached hydrogen (secondary N) is 2. The van der Waals surface area contributed by atoms with Crippen LogP contribution in [0.15, 0.2) is 54.6 Å². The van der Waals surface area contributed by atoms with Gasteiger partial charge in [0.05, 0.1) is 23.4 Å². The Morgan fingerprint density at radius 3 is 2.53 bits per heavy atom. The molecule has 0 radical (unpaired) electrons. The highest BCUT2D eigenvalue weighted by molar-refractivity contribution is 7.80. The van der Waals surface area contributed by atoms with E-state index in [0.29, 0.717) is 33.2 Å². The second-order valence-corrected chi connectivity index (χ2v) is 7.67. The average Bonchev–Trinajstić information content (AvgIpc) is 3.16. The number of thiocarbonyl (C=S) groups is 1. The lowest BCUT2D eigenvalue weighted by Gasteiger charge is -2.12. The first-order chi connectivity index (χ1) is 15.4. The predicted molar refractivity (Wildman–Crippen MR) is 125 cm³/mol. The number of carbonyl (C=O) groups is 1. The molecule has 0 unspecified atom stereocenters. The molecule has 32 heavy (non-hydrogen) atoms. The van der Waals surface area contributed by atoms with E-state index in [1.807, 2.05) is 13.0 Å². The number of hydrogen-bond acceptors (Lipinski definition) is 5. The van der Waals surface area contributed by atoms with Gasteiger partial charge in [0.15, 0.2) is 5.11 Å². The van der Waals surface area contributed by atoms with Gasteiger partial charge in [0, 0.05) is 5.69 Å². The fourth-order valence-corrected chi connectivity index (χ4v) is 3.52. The first kappa shape index (κ1) is 21.7. The molecule has 7 nitrogen and oxygen atoms in total. The Bertz CT molecular complexity index is 1360. The monoisotopic (exact) mass is 469 g/mol. The van der Waals surface area contributed by atoms with Gasteiger partial charge in [0.1, 0.15) is 22.6 Å². The van der Waals surface area contributed by atoms with Crippen molar-refractivity contribution < 1.29 is 13.9 Å². The minimum atomic E-state index is -0.637. The van der Waals surface area contributed by atoms with E-state index in [2.05, 4.69) is 20.8 Å². The van der Waals surface area contributed by atoms with E-state index in [0.717, 1.165) is 5.56 Å². The van der Waals surface area contributed by atoms with E-state index in [4.69, 9.17) is 28.6 Å². The van der Waals surface area contributed by atoms with Crippen molar-refractivity contribution in [3.63, 3.8) is 0 Å². The zero-order chi connectivity index (χ0) is 22.8. The number of rotatable bonds is 4. The zero-order valence-corrected chi connectivity index (χ0v) is 18.6. The summed E-state index contributed by atoms with van der Waals surface area (Å²) in [5, 5.41) is 14.9. The fraction of sp³-hybridized carbons (Fsp3) is 0.0909. The lowest BCUT2D eigenvalue weighted by atomic mass is 10.2. The normalized spacial score (nSPS) is 10.8. The molecule has 4 aromatic rings. The molecule has 0 aliphatic carbocycles. The molecule has 0 fully saturated rings. The number of amides is 1. The molecule has 3 aromatic carbocycles. The Morgan fingerprint density at radius 2 is 1.84 bits per heavy atom. The summed E-state index contributed by atoms with van der Waals surface area (Å²) in [7, 11) is 1.54. The molecule has 10 heteroatoms. The van der Waals surface area contributed by atoms with Crippen LogP contribution in [0.1, 0.15) is 15.9 Å². The number of methoxy groups -OCH3 is 1.